The van der Waals surface area contributed by atoms with Crippen LogP contribution in [0.15, 0.2) is 0 Å². The second-order valence-electron chi connectivity index (χ2n) is 5.42. The lowest BCUT2D eigenvalue weighted by molar-refractivity contribution is 0.0486. The zero-order chi connectivity index (χ0) is 9.53. The Morgan fingerprint density at radius 3 is 2.62 bits per heavy atom. The number of nitrogens with zero attached hydrogens (tertiary/aromatic N) is 1. The molecule has 0 bridgehead atoms. The van der Waals surface area contributed by atoms with Crippen molar-refractivity contribution in [2.75, 3.05) is 24.6 Å². The Morgan fingerprint density at radius 1 is 1.23 bits per heavy atom. The summed E-state index contributed by atoms with van der Waals surface area (Å²) in [6.45, 7) is 9.91. The van der Waals surface area contributed by atoms with Gasteiger partial charge in [-0.2, -0.15) is 11.8 Å². The Kier molecular flexibility index (Phi) is 2.40. The van der Waals surface area contributed by atoms with E-state index in [-0.39, 0.29) is 0 Å². The maximum atomic E-state index is 2.75. The predicted octanol–water partition coefficient (Wildman–Crippen LogP) is 2.61. The van der Waals surface area contributed by atoms with Gasteiger partial charge in [0.15, 0.2) is 0 Å². The van der Waals surface area contributed by atoms with Crippen molar-refractivity contribution < 1.29 is 0 Å². The molecule has 1 nitrogen and oxygen atoms in total. The summed E-state index contributed by atoms with van der Waals surface area (Å²) in [6, 6.07) is 0. The first-order chi connectivity index (χ1) is 6.06. The van der Waals surface area contributed by atoms with Gasteiger partial charge < -0.3 is 0 Å². The van der Waals surface area contributed by atoms with Crippen LogP contribution in [0.4, 0.5) is 0 Å². The van der Waals surface area contributed by atoms with E-state index in [1.165, 1.54) is 37.4 Å². The van der Waals surface area contributed by atoms with Gasteiger partial charge in [0.1, 0.15) is 0 Å². The first kappa shape index (κ1) is 9.85. The maximum absolute atomic E-state index is 2.75. The van der Waals surface area contributed by atoms with Gasteiger partial charge in [0.2, 0.25) is 0 Å². The van der Waals surface area contributed by atoms with Crippen LogP contribution in [0.2, 0.25) is 0 Å². The van der Waals surface area contributed by atoms with E-state index in [0.717, 1.165) is 0 Å². The third-order valence-corrected chi connectivity index (χ3v) is 5.02. The molecule has 13 heavy (non-hydrogen) atoms. The largest absolute Gasteiger partial charge is 0.295 e. The highest BCUT2D eigenvalue weighted by molar-refractivity contribution is 7.99. The zero-order valence-corrected chi connectivity index (χ0v) is 9.91. The number of thioether (sulfide) groups is 1. The van der Waals surface area contributed by atoms with E-state index < -0.39 is 0 Å². The predicted molar refractivity (Wildman–Crippen MR) is 60.3 cm³/mol. The summed E-state index contributed by atoms with van der Waals surface area (Å²) in [4.78, 5) is 2.75. The van der Waals surface area contributed by atoms with Crippen LogP contribution in [0.3, 0.4) is 0 Å². The van der Waals surface area contributed by atoms with Crippen molar-refractivity contribution in [2.45, 2.75) is 39.2 Å². The summed E-state index contributed by atoms with van der Waals surface area (Å²) in [5.41, 5.74) is 0.979. The molecule has 0 aliphatic carbocycles. The van der Waals surface area contributed by atoms with E-state index in [1.54, 1.807) is 0 Å². The van der Waals surface area contributed by atoms with Crippen LogP contribution < -0.4 is 0 Å². The van der Waals surface area contributed by atoms with E-state index >= 15 is 0 Å². The molecule has 2 aliphatic heterocycles. The van der Waals surface area contributed by atoms with E-state index in [9.17, 15) is 0 Å². The summed E-state index contributed by atoms with van der Waals surface area (Å²) in [5, 5.41) is 0. The first-order valence-electron chi connectivity index (χ1n) is 5.39. The molecule has 0 spiro atoms. The Morgan fingerprint density at radius 2 is 2.00 bits per heavy atom. The molecule has 0 N–H and O–H groups in total. The fourth-order valence-corrected chi connectivity index (χ4v) is 4.50. The number of hydrogen-bond acceptors (Lipinski definition) is 2. The van der Waals surface area contributed by atoms with Gasteiger partial charge in [-0.3, -0.25) is 4.90 Å². The van der Waals surface area contributed by atoms with Crippen molar-refractivity contribution in [1.82, 2.24) is 4.90 Å². The van der Waals surface area contributed by atoms with Gasteiger partial charge in [-0.15, -0.1) is 0 Å². The normalized spacial score (nSPS) is 36.2. The van der Waals surface area contributed by atoms with Crippen molar-refractivity contribution in [2.24, 2.45) is 5.41 Å². The second-order valence-corrected chi connectivity index (χ2v) is 6.53. The molecule has 0 radical (unpaired) electrons. The monoisotopic (exact) mass is 199 g/mol. The number of fused-ring (bicyclic) bond motifs is 1. The number of hydrogen-bond donors (Lipinski definition) is 0. The summed E-state index contributed by atoms with van der Waals surface area (Å²) in [6.07, 6.45) is 2.83. The molecule has 2 heteroatoms. The topological polar surface area (TPSA) is 3.24 Å². The van der Waals surface area contributed by atoms with Gasteiger partial charge in [0.05, 0.1) is 0 Å². The molecule has 2 fully saturated rings. The summed E-state index contributed by atoms with van der Waals surface area (Å²) >= 11 is 2.16. The summed E-state index contributed by atoms with van der Waals surface area (Å²) in [7, 11) is 0. The minimum atomic E-state index is 0.455. The molecule has 2 saturated heterocycles. The average Bonchev–Trinajstić information content (AvgIpc) is 2.46. The van der Waals surface area contributed by atoms with Gasteiger partial charge in [-0.1, -0.05) is 20.8 Å². The van der Waals surface area contributed by atoms with Crippen molar-refractivity contribution in [3.63, 3.8) is 0 Å². The molecule has 0 aromatic rings. The van der Waals surface area contributed by atoms with Gasteiger partial charge in [0.25, 0.3) is 0 Å². The van der Waals surface area contributed by atoms with Crippen molar-refractivity contribution in [3.8, 4) is 0 Å². The Labute approximate surface area is 86.3 Å². The smallest absolute Gasteiger partial charge is 0.0348 e. The molecule has 1 atom stereocenters. The molecule has 0 amide bonds. The van der Waals surface area contributed by atoms with Gasteiger partial charge in [0, 0.05) is 23.6 Å². The SMILES string of the molecule is CC(C)(C)C12CCCN1CCSC2. The molecule has 1 unspecified atom stereocenters. The third-order valence-electron chi connectivity index (χ3n) is 3.87. The third kappa shape index (κ3) is 1.42. The van der Waals surface area contributed by atoms with Gasteiger partial charge >= 0.3 is 0 Å². The van der Waals surface area contributed by atoms with Crippen molar-refractivity contribution >= 4 is 11.8 Å². The summed E-state index contributed by atoms with van der Waals surface area (Å²) < 4.78 is 0. The fourth-order valence-electron chi connectivity index (χ4n) is 2.91. The van der Waals surface area contributed by atoms with Crippen LogP contribution in [-0.4, -0.2) is 35.0 Å². The molecular formula is C11H21NS. The molecule has 2 heterocycles. The van der Waals surface area contributed by atoms with E-state index in [2.05, 4.69) is 37.4 Å². The standard InChI is InChI=1S/C11H21NS/c1-10(2,3)11-5-4-6-12(11)7-8-13-9-11/h4-9H2,1-3H3. The Hall–Kier alpha value is 0.310. The quantitative estimate of drug-likeness (QED) is 0.590. The average molecular weight is 199 g/mol. The van der Waals surface area contributed by atoms with Crippen LogP contribution in [0, 0.1) is 5.41 Å². The van der Waals surface area contributed by atoms with E-state index in [0.29, 0.717) is 11.0 Å². The molecule has 2 aliphatic rings. The minimum absolute atomic E-state index is 0.455. The second kappa shape index (κ2) is 3.16. The maximum Gasteiger partial charge on any atom is 0.0348 e. The van der Waals surface area contributed by atoms with Gasteiger partial charge in [-0.05, 0) is 24.8 Å². The minimum Gasteiger partial charge on any atom is -0.295 e. The highest BCUT2D eigenvalue weighted by Gasteiger charge is 2.50. The number of rotatable bonds is 0. The molecule has 2 rings (SSSR count). The lowest BCUT2D eigenvalue weighted by atomic mass is 9.73. The van der Waals surface area contributed by atoms with Crippen LogP contribution >= 0.6 is 11.8 Å². The van der Waals surface area contributed by atoms with E-state index in [1.807, 2.05) is 0 Å². The molecule has 76 valence electrons. The van der Waals surface area contributed by atoms with Crippen molar-refractivity contribution in [3.05, 3.63) is 0 Å². The highest BCUT2D eigenvalue weighted by atomic mass is 32.2. The van der Waals surface area contributed by atoms with Crippen LogP contribution in [0.25, 0.3) is 0 Å². The lowest BCUT2D eigenvalue weighted by Crippen LogP contribution is -2.58. The Balaban J connectivity index is 2.26. The van der Waals surface area contributed by atoms with Gasteiger partial charge in [-0.25, -0.2) is 0 Å². The first-order valence-corrected chi connectivity index (χ1v) is 6.55. The van der Waals surface area contributed by atoms with Crippen LogP contribution in [0.5, 0.6) is 0 Å². The lowest BCUT2D eigenvalue weighted by Gasteiger charge is -2.51. The molecule has 0 aromatic heterocycles. The zero-order valence-electron chi connectivity index (χ0n) is 9.10. The molecular weight excluding hydrogens is 178 g/mol. The Bertz CT molecular complexity index is 197. The highest BCUT2D eigenvalue weighted by Crippen LogP contribution is 2.47. The van der Waals surface area contributed by atoms with Crippen LogP contribution in [0.1, 0.15) is 33.6 Å². The van der Waals surface area contributed by atoms with Crippen LogP contribution in [-0.2, 0) is 0 Å². The fraction of sp³-hybridized carbons (Fsp3) is 1.00. The summed E-state index contributed by atoms with van der Waals surface area (Å²) in [5.74, 6) is 2.70. The van der Waals surface area contributed by atoms with E-state index in [4.69, 9.17) is 0 Å². The molecule has 0 aromatic carbocycles. The van der Waals surface area contributed by atoms with Crippen molar-refractivity contribution in [1.29, 1.82) is 0 Å². The molecule has 0 saturated carbocycles.